The fourth-order valence-electron chi connectivity index (χ4n) is 3.40. The van der Waals surface area contributed by atoms with Crippen molar-refractivity contribution in [3.8, 4) is 11.5 Å². The molecular formula is C24H21NO7S. The molecule has 0 spiro atoms. The number of rotatable bonds is 7. The van der Waals surface area contributed by atoms with E-state index in [9.17, 15) is 14.4 Å². The lowest BCUT2D eigenvalue weighted by Crippen LogP contribution is -2.21. The van der Waals surface area contributed by atoms with E-state index in [2.05, 4.69) is 5.32 Å². The molecular weight excluding hydrogens is 446 g/mol. The van der Waals surface area contributed by atoms with Crippen LogP contribution in [-0.2, 0) is 20.7 Å². The van der Waals surface area contributed by atoms with Crippen molar-refractivity contribution in [2.45, 2.75) is 13.3 Å². The molecule has 1 N–H and O–H groups in total. The van der Waals surface area contributed by atoms with Gasteiger partial charge in [0.15, 0.2) is 18.1 Å². The summed E-state index contributed by atoms with van der Waals surface area (Å²) in [7, 11) is 1.28. The molecule has 0 radical (unpaired) electrons. The van der Waals surface area contributed by atoms with Crippen LogP contribution in [0.25, 0.3) is 0 Å². The molecule has 9 heteroatoms. The van der Waals surface area contributed by atoms with Crippen LogP contribution in [-0.4, -0.2) is 38.4 Å². The number of methoxy groups -OCH3 is 1. The van der Waals surface area contributed by atoms with Crippen LogP contribution >= 0.6 is 11.3 Å². The number of ether oxygens (including phenoxy) is 4. The summed E-state index contributed by atoms with van der Waals surface area (Å²) in [5.41, 5.74) is 2.28. The molecule has 33 heavy (non-hydrogen) atoms. The second-order valence-corrected chi connectivity index (χ2v) is 8.41. The number of carbonyl (C=O) groups is 3. The maximum Gasteiger partial charge on any atom is 0.341 e. The van der Waals surface area contributed by atoms with Gasteiger partial charge in [0.2, 0.25) is 6.79 Å². The van der Waals surface area contributed by atoms with Crippen molar-refractivity contribution in [3.63, 3.8) is 0 Å². The van der Waals surface area contributed by atoms with E-state index >= 15 is 0 Å². The van der Waals surface area contributed by atoms with Gasteiger partial charge in [0.05, 0.1) is 18.2 Å². The number of nitrogens with one attached hydrogen (secondary N) is 1. The van der Waals surface area contributed by atoms with Gasteiger partial charge in [-0.2, -0.15) is 0 Å². The molecule has 0 unspecified atom stereocenters. The second kappa shape index (κ2) is 9.74. The summed E-state index contributed by atoms with van der Waals surface area (Å²) >= 11 is 1.26. The van der Waals surface area contributed by atoms with Crippen LogP contribution in [0.4, 0.5) is 5.00 Å². The Labute approximate surface area is 194 Å². The lowest BCUT2D eigenvalue weighted by molar-refractivity contribution is -0.119. The molecule has 0 atom stereocenters. The number of fused-ring (bicyclic) bond motifs is 1. The lowest BCUT2D eigenvalue weighted by Gasteiger charge is -2.09. The van der Waals surface area contributed by atoms with Gasteiger partial charge in [-0.05, 0) is 48.7 Å². The first-order valence-corrected chi connectivity index (χ1v) is 10.9. The number of benzene rings is 2. The van der Waals surface area contributed by atoms with Crippen LogP contribution in [0.1, 0.15) is 36.7 Å². The number of hydrogen-bond acceptors (Lipinski definition) is 8. The van der Waals surface area contributed by atoms with E-state index in [1.54, 1.807) is 30.3 Å². The normalized spacial score (nSPS) is 11.7. The van der Waals surface area contributed by atoms with Gasteiger partial charge in [0.25, 0.3) is 5.91 Å². The Morgan fingerprint density at radius 3 is 2.55 bits per heavy atom. The maximum atomic E-state index is 12.6. The summed E-state index contributed by atoms with van der Waals surface area (Å²) in [4.78, 5) is 38.0. The van der Waals surface area contributed by atoms with Gasteiger partial charge in [0.1, 0.15) is 5.00 Å². The summed E-state index contributed by atoms with van der Waals surface area (Å²) in [5.74, 6) is -0.405. The number of carbonyl (C=O) groups excluding carboxylic acids is 3. The van der Waals surface area contributed by atoms with Crippen LogP contribution in [0.3, 0.4) is 0 Å². The number of esters is 2. The fourth-order valence-corrected chi connectivity index (χ4v) is 4.48. The van der Waals surface area contributed by atoms with Crippen molar-refractivity contribution in [3.05, 3.63) is 75.7 Å². The lowest BCUT2D eigenvalue weighted by atomic mass is 10.0. The van der Waals surface area contributed by atoms with Crippen LogP contribution in [0.2, 0.25) is 0 Å². The minimum atomic E-state index is -0.607. The fraction of sp³-hybridized carbons (Fsp3) is 0.208. The minimum absolute atomic E-state index is 0.175. The summed E-state index contributed by atoms with van der Waals surface area (Å²) in [5, 5.41) is 3.02. The topological polar surface area (TPSA) is 100 Å². The molecule has 1 aromatic heterocycles. The Morgan fingerprint density at radius 2 is 1.79 bits per heavy atom. The van der Waals surface area contributed by atoms with Crippen molar-refractivity contribution in [2.24, 2.45) is 0 Å². The number of thiophene rings is 1. The van der Waals surface area contributed by atoms with Crippen molar-refractivity contribution in [1.82, 2.24) is 0 Å². The Kier molecular flexibility index (Phi) is 6.60. The Bertz CT molecular complexity index is 1200. The second-order valence-electron chi connectivity index (χ2n) is 7.19. The number of amides is 1. The summed E-state index contributed by atoms with van der Waals surface area (Å²) in [6, 6.07) is 14.0. The van der Waals surface area contributed by atoms with Gasteiger partial charge in [-0.15, -0.1) is 11.3 Å². The first kappa shape index (κ1) is 22.3. The third-order valence-corrected chi connectivity index (χ3v) is 6.08. The zero-order valence-corrected chi connectivity index (χ0v) is 18.8. The first-order chi connectivity index (χ1) is 16.0. The van der Waals surface area contributed by atoms with E-state index in [1.165, 1.54) is 18.4 Å². The van der Waals surface area contributed by atoms with E-state index in [0.29, 0.717) is 28.5 Å². The van der Waals surface area contributed by atoms with Gasteiger partial charge in [-0.3, -0.25) is 4.79 Å². The molecule has 1 aliphatic heterocycles. The van der Waals surface area contributed by atoms with Crippen molar-refractivity contribution in [2.75, 3.05) is 25.8 Å². The largest absolute Gasteiger partial charge is 0.465 e. The maximum absolute atomic E-state index is 12.6. The SMILES string of the molecule is COC(=O)c1c(NC(=O)COC(=O)c2ccccc2)sc(C)c1Cc1ccc2c(c1)OCO2. The Morgan fingerprint density at radius 1 is 1.03 bits per heavy atom. The molecule has 8 nitrogen and oxygen atoms in total. The van der Waals surface area contributed by atoms with Crippen molar-refractivity contribution >= 4 is 34.2 Å². The average Bonchev–Trinajstić information content (AvgIpc) is 3.41. The molecule has 0 fully saturated rings. The molecule has 170 valence electrons. The van der Waals surface area contributed by atoms with E-state index in [-0.39, 0.29) is 12.4 Å². The predicted octanol–water partition coefficient (Wildman–Crippen LogP) is 3.96. The summed E-state index contributed by atoms with van der Waals surface area (Å²) < 4.78 is 20.8. The van der Waals surface area contributed by atoms with E-state index in [4.69, 9.17) is 18.9 Å². The molecule has 2 heterocycles. The quantitative estimate of drug-likeness (QED) is 0.525. The van der Waals surface area contributed by atoms with Crippen LogP contribution in [0.15, 0.2) is 48.5 Å². The highest BCUT2D eigenvalue weighted by molar-refractivity contribution is 7.16. The van der Waals surface area contributed by atoms with Gasteiger partial charge < -0.3 is 24.3 Å². The minimum Gasteiger partial charge on any atom is -0.465 e. The molecule has 0 saturated heterocycles. The van der Waals surface area contributed by atoms with E-state index < -0.39 is 24.5 Å². The number of hydrogen-bond donors (Lipinski definition) is 1. The standard InChI is InChI=1S/C24H21NO7S/c1-14-17(10-15-8-9-18-19(11-15)32-13-31-18)21(24(28)29-2)22(33-14)25-20(26)12-30-23(27)16-6-4-3-5-7-16/h3-9,11H,10,12-13H2,1-2H3,(H,25,26). The highest BCUT2D eigenvalue weighted by Crippen LogP contribution is 2.37. The average molecular weight is 467 g/mol. The highest BCUT2D eigenvalue weighted by Gasteiger charge is 2.25. The van der Waals surface area contributed by atoms with Gasteiger partial charge in [-0.25, -0.2) is 9.59 Å². The van der Waals surface area contributed by atoms with Crippen molar-refractivity contribution < 1.29 is 33.3 Å². The number of anilines is 1. The van der Waals surface area contributed by atoms with Crippen molar-refractivity contribution in [1.29, 1.82) is 0 Å². The van der Waals surface area contributed by atoms with Gasteiger partial charge in [-0.1, -0.05) is 24.3 Å². The van der Waals surface area contributed by atoms with Gasteiger partial charge >= 0.3 is 11.9 Å². The van der Waals surface area contributed by atoms with E-state index in [1.807, 2.05) is 25.1 Å². The molecule has 1 amide bonds. The Balaban J connectivity index is 1.50. The first-order valence-electron chi connectivity index (χ1n) is 10.1. The monoisotopic (exact) mass is 467 g/mol. The Hall–Kier alpha value is -3.85. The predicted molar refractivity (Wildman–Crippen MR) is 121 cm³/mol. The zero-order valence-electron chi connectivity index (χ0n) is 18.0. The smallest absolute Gasteiger partial charge is 0.341 e. The third kappa shape index (κ3) is 4.98. The molecule has 3 aromatic rings. The van der Waals surface area contributed by atoms with Crippen LogP contribution in [0, 0.1) is 6.92 Å². The highest BCUT2D eigenvalue weighted by atomic mass is 32.1. The van der Waals surface area contributed by atoms with Crippen LogP contribution < -0.4 is 14.8 Å². The molecule has 0 saturated carbocycles. The summed E-state index contributed by atoms with van der Waals surface area (Å²) in [6.07, 6.45) is 0.433. The molecule has 0 aliphatic carbocycles. The van der Waals surface area contributed by atoms with Crippen LogP contribution in [0.5, 0.6) is 11.5 Å². The molecule has 4 rings (SSSR count). The zero-order chi connectivity index (χ0) is 23.4. The molecule has 2 aromatic carbocycles. The summed E-state index contributed by atoms with van der Waals surface area (Å²) in [6.45, 7) is 1.56. The number of aryl methyl sites for hydroxylation is 1. The van der Waals surface area contributed by atoms with Gasteiger partial charge in [0, 0.05) is 4.88 Å². The third-order valence-electron chi connectivity index (χ3n) is 5.01. The van der Waals surface area contributed by atoms with E-state index in [0.717, 1.165) is 16.0 Å². The molecule has 1 aliphatic rings. The molecule has 0 bridgehead atoms.